The average Bonchev–Trinajstić information content (AvgIpc) is 2.17. The molecule has 1 N–H and O–H groups in total. The topological polar surface area (TPSA) is 37.3 Å². The van der Waals surface area contributed by atoms with Crippen LogP contribution in [-0.4, -0.2) is 11.1 Å². The van der Waals surface area contributed by atoms with E-state index in [0.717, 1.165) is 11.1 Å². The molecule has 1 atom stereocenters. The summed E-state index contributed by atoms with van der Waals surface area (Å²) >= 11 is 0. The Bertz CT molecular complexity index is 366. The van der Waals surface area contributed by atoms with Crippen molar-refractivity contribution in [2.24, 2.45) is 5.92 Å². The van der Waals surface area contributed by atoms with Crippen molar-refractivity contribution in [3.05, 3.63) is 41.5 Å². The van der Waals surface area contributed by atoms with Crippen molar-refractivity contribution in [3.63, 3.8) is 0 Å². The van der Waals surface area contributed by atoms with E-state index in [0.29, 0.717) is 6.42 Å². The van der Waals surface area contributed by atoms with E-state index in [9.17, 15) is 4.79 Å². The molecular formula is C11H10O2. The van der Waals surface area contributed by atoms with Crippen molar-refractivity contribution in [3.8, 4) is 0 Å². The number of carboxylic acid groups (broad SMARTS) is 1. The van der Waals surface area contributed by atoms with Gasteiger partial charge in [-0.05, 0) is 17.5 Å². The highest BCUT2D eigenvalue weighted by molar-refractivity contribution is 5.76. The van der Waals surface area contributed by atoms with Gasteiger partial charge >= 0.3 is 5.97 Å². The summed E-state index contributed by atoms with van der Waals surface area (Å²) in [7, 11) is 0. The third-order valence-electron chi connectivity index (χ3n) is 2.32. The van der Waals surface area contributed by atoms with Gasteiger partial charge in [-0.1, -0.05) is 36.4 Å². The second kappa shape index (κ2) is 3.05. The minimum atomic E-state index is -0.745. The number of benzene rings is 1. The molecule has 0 fully saturated rings. The molecule has 2 rings (SSSR count). The number of aliphatic carboxylic acids is 1. The Kier molecular flexibility index (Phi) is 1.89. The van der Waals surface area contributed by atoms with Gasteiger partial charge in [0.1, 0.15) is 0 Å². The molecule has 1 aliphatic rings. The van der Waals surface area contributed by atoms with Crippen LogP contribution >= 0.6 is 0 Å². The molecule has 2 heteroatoms. The van der Waals surface area contributed by atoms with Crippen molar-refractivity contribution in [2.45, 2.75) is 6.42 Å². The molecule has 0 saturated carbocycles. The summed E-state index contributed by atoms with van der Waals surface area (Å²) in [6, 6.07) is 7.89. The Hall–Kier alpha value is -1.57. The Morgan fingerprint density at radius 3 is 2.92 bits per heavy atom. The summed E-state index contributed by atoms with van der Waals surface area (Å²) in [5.41, 5.74) is 2.26. The number of hydrogen-bond acceptors (Lipinski definition) is 1. The van der Waals surface area contributed by atoms with E-state index in [-0.39, 0.29) is 5.92 Å². The second-order valence-electron chi connectivity index (χ2n) is 3.21. The average molecular weight is 174 g/mol. The van der Waals surface area contributed by atoms with Gasteiger partial charge in [0.05, 0.1) is 5.92 Å². The second-order valence-corrected chi connectivity index (χ2v) is 3.21. The Morgan fingerprint density at radius 1 is 1.38 bits per heavy atom. The van der Waals surface area contributed by atoms with Gasteiger partial charge in [0.15, 0.2) is 0 Å². The minimum absolute atomic E-state index is 0.352. The van der Waals surface area contributed by atoms with Crippen molar-refractivity contribution >= 4 is 12.0 Å². The molecule has 0 saturated heterocycles. The lowest BCUT2D eigenvalue weighted by Gasteiger charge is -2.15. The highest BCUT2D eigenvalue weighted by Crippen LogP contribution is 2.22. The van der Waals surface area contributed by atoms with Crippen LogP contribution in [0.1, 0.15) is 11.1 Å². The van der Waals surface area contributed by atoms with Crippen molar-refractivity contribution in [1.29, 1.82) is 0 Å². The normalized spacial score (nSPS) is 19.5. The van der Waals surface area contributed by atoms with Crippen LogP contribution in [0.2, 0.25) is 0 Å². The quantitative estimate of drug-likeness (QED) is 0.706. The van der Waals surface area contributed by atoms with Crippen LogP contribution in [0.4, 0.5) is 0 Å². The number of carboxylic acids is 1. The van der Waals surface area contributed by atoms with E-state index in [1.807, 2.05) is 30.3 Å². The molecule has 1 aliphatic carbocycles. The summed E-state index contributed by atoms with van der Waals surface area (Å²) in [6.45, 7) is 0. The number of carbonyl (C=O) groups is 1. The van der Waals surface area contributed by atoms with Crippen LogP contribution in [0.15, 0.2) is 30.3 Å². The monoisotopic (exact) mass is 174 g/mol. The minimum Gasteiger partial charge on any atom is -0.481 e. The van der Waals surface area contributed by atoms with Gasteiger partial charge in [0.2, 0.25) is 0 Å². The fraction of sp³-hybridized carbons (Fsp3) is 0.182. The maximum Gasteiger partial charge on any atom is 0.310 e. The highest BCUT2D eigenvalue weighted by Gasteiger charge is 2.18. The molecule has 1 aromatic rings. The zero-order chi connectivity index (χ0) is 9.26. The maximum absolute atomic E-state index is 10.7. The van der Waals surface area contributed by atoms with Gasteiger partial charge in [-0.25, -0.2) is 0 Å². The van der Waals surface area contributed by atoms with E-state index >= 15 is 0 Å². The molecular weight excluding hydrogens is 164 g/mol. The van der Waals surface area contributed by atoms with Gasteiger partial charge in [0, 0.05) is 0 Å². The van der Waals surface area contributed by atoms with Crippen LogP contribution in [-0.2, 0) is 11.2 Å². The third kappa shape index (κ3) is 1.47. The van der Waals surface area contributed by atoms with E-state index in [1.165, 1.54) is 0 Å². The molecule has 0 unspecified atom stereocenters. The van der Waals surface area contributed by atoms with Gasteiger partial charge < -0.3 is 5.11 Å². The maximum atomic E-state index is 10.7. The van der Waals surface area contributed by atoms with Crippen molar-refractivity contribution in [1.82, 2.24) is 0 Å². The number of fused-ring (bicyclic) bond motifs is 1. The molecule has 0 bridgehead atoms. The van der Waals surface area contributed by atoms with Gasteiger partial charge in [-0.2, -0.15) is 0 Å². The summed E-state index contributed by atoms with van der Waals surface area (Å²) in [5.74, 6) is -1.10. The summed E-state index contributed by atoms with van der Waals surface area (Å²) in [4.78, 5) is 10.7. The zero-order valence-corrected chi connectivity index (χ0v) is 7.10. The first-order chi connectivity index (χ1) is 6.27. The molecule has 0 aromatic heterocycles. The Labute approximate surface area is 76.5 Å². The molecule has 0 aliphatic heterocycles. The summed E-state index contributed by atoms with van der Waals surface area (Å²) < 4.78 is 0. The lowest BCUT2D eigenvalue weighted by atomic mass is 9.90. The van der Waals surface area contributed by atoms with E-state index < -0.39 is 5.97 Å². The smallest absolute Gasteiger partial charge is 0.310 e. The molecule has 1 aromatic carbocycles. The number of rotatable bonds is 1. The van der Waals surface area contributed by atoms with Gasteiger partial charge in [-0.3, -0.25) is 4.79 Å². The number of hydrogen-bond donors (Lipinski definition) is 1. The largest absolute Gasteiger partial charge is 0.481 e. The molecule has 66 valence electrons. The highest BCUT2D eigenvalue weighted by atomic mass is 16.4. The fourth-order valence-electron chi connectivity index (χ4n) is 1.58. The lowest BCUT2D eigenvalue weighted by molar-refractivity contribution is -0.140. The third-order valence-corrected chi connectivity index (χ3v) is 2.32. The van der Waals surface area contributed by atoms with Crippen LogP contribution in [0.3, 0.4) is 0 Å². The predicted molar refractivity (Wildman–Crippen MR) is 50.3 cm³/mol. The van der Waals surface area contributed by atoms with E-state index in [2.05, 4.69) is 0 Å². The molecule has 0 amide bonds. The first-order valence-corrected chi connectivity index (χ1v) is 4.26. The van der Waals surface area contributed by atoms with Gasteiger partial charge in [0.25, 0.3) is 0 Å². The van der Waals surface area contributed by atoms with Crippen LogP contribution in [0.25, 0.3) is 6.08 Å². The summed E-state index contributed by atoms with van der Waals surface area (Å²) in [6.07, 6.45) is 4.25. The molecule has 0 spiro atoms. The SMILES string of the molecule is O=C(O)[C@@H]1C=Cc2ccccc2C1. The molecule has 0 radical (unpaired) electrons. The van der Waals surface area contributed by atoms with Crippen LogP contribution < -0.4 is 0 Å². The lowest BCUT2D eigenvalue weighted by Crippen LogP contribution is -2.16. The molecule has 2 nitrogen and oxygen atoms in total. The van der Waals surface area contributed by atoms with Gasteiger partial charge in [-0.15, -0.1) is 0 Å². The standard InChI is InChI=1S/C11H10O2/c12-11(13)10-6-5-8-3-1-2-4-9(8)7-10/h1-6,10H,7H2,(H,12,13)/t10-/m1/s1. The Morgan fingerprint density at radius 2 is 2.15 bits per heavy atom. The first-order valence-electron chi connectivity index (χ1n) is 4.26. The van der Waals surface area contributed by atoms with Crippen molar-refractivity contribution < 1.29 is 9.90 Å². The Balaban J connectivity index is 2.34. The van der Waals surface area contributed by atoms with Crippen LogP contribution in [0, 0.1) is 5.92 Å². The zero-order valence-electron chi connectivity index (χ0n) is 7.10. The molecule has 0 heterocycles. The fourth-order valence-corrected chi connectivity index (χ4v) is 1.58. The predicted octanol–water partition coefficient (Wildman–Crippen LogP) is 1.96. The van der Waals surface area contributed by atoms with E-state index in [1.54, 1.807) is 6.08 Å². The first kappa shape index (κ1) is 8.05. The molecule has 13 heavy (non-hydrogen) atoms. The van der Waals surface area contributed by atoms with E-state index in [4.69, 9.17) is 5.11 Å². The van der Waals surface area contributed by atoms with Crippen molar-refractivity contribution in [2.75, 3.05) is 0 Å². The van der Waals surface area contributed by atoms with Crippen LogP contribution in [0.5, 0.6) is 0 Å². The summed E-state index contributed by atoms with van der Waals surface area (Å²) in [5, 5.41) is 8.81.